The SMILES string of the molecule is Cc1nc(C)n(CCN2CCOCC2)n1. The zero-order chi connectivity index (χ0) is 10.7. The Hall–Kier alpha value is -0.940. The Morgan fingerprint density at radius 3 is 2.53 bits per heavy atom. The zero-order valence-corrected chi connectivity index (χ0v) is 9.44. The highest BCUT2D eigenvalue weighted by molar-refractivity contribution is 4.87. The molecule has 2 rings (SSSR count). The van der Waals surface area contributed by atoms with Crippen LogP contribution in [-0.4, -0.2) is 52.5 Å². The first-order chi connectivity index (χ1) is 7.25. The molecule has 2 heterocycles. The maximum Gasteiger partial charge on any atom is 0.147 e. The molecule has 0 radical (unpaired) electrons. The van der Waals surface area contributed by atoms with Crippen LogP contribution in [0.3, 0.4) is 0 Å². The fourth-order valence-corrected chi connectivity index (χ4v) is 1.83. The number of hydrogen-bond donors (Lipinski definition) is 0. The molecule has 0 N–H and O–H groups in total. The van der Waals surface area contributed by atoms with Crippen molar-refractivity contribution in [1.82, 2.24) is 19.7 Å². The lowest BCUT2D eigenvalue weighted by Crippen LogP contribution is -2.38. The van der Waals surface area contributed by atoms with E-state index in [4.69, 9.17) is 4.74 Å². The smallest absolute Gasteiger partial charge is 0.147 e. The van der Waals surface area contributed by atoms with Gasteiger partial charge in [-0.05, 0) is 13.8 Å². The molecule has 0 atom stereocenters. The van der Waals surface area contributed by atoms with Crippen LogP contribution in [0.2, 0.25) is 0 Å². The second kappa shape index (κ2) is 4.72. The van der Waals surface area contributed by atoms with Gasteiger partial charge >= 0.3 is 0 Å². The van der Waals surface area contributed by atoms with Crippen molar-refractivity contribution in [1.29, 1.82) is 0 Å². The molecule has 0 bridgehead atoms. The molecule has 1 saturated heterocycles. The summed E-state index contributed by atoms with van der Waals surface area (Å²) in [6, 6.07) is 0. The van der Waals surface area contributed by atoms with Crippen LogP contribution in [0, 0.1) is 13.8 Å². The van der Waals surface area contributed by atoms with Crippen LogP contribution in [-0.2, 0) is 11.3 Å². The summed E-state index contributed by atoms with van der Waals surface area (Å²) in [5, 5.41) is 4.34. The lowest BCUT2D eigenvalue weighted by molar-refractivity contribution is 0.0359. The lowest BCUT2D eigenvalue weighted by Gasteiger charge is -2.26. The van der Waals surface area contributed by atoms with Crippen molar-refractivity contribution in [2.45, 2.75) is 20.4 Å². The van der Waals surface area contributed by atoms with E-state index in [2.05, 4.69) is 15.0 Å². The van der Waals surface area contributed by atoms with Crippen LogP contribution in [0.4, 0.5) is 0 Å². The van der Waals surface area contributed by atoms with Crippen molar-refractivity contribution in [3.8, 4) is 0 Å². The van der Waals surface area contributed by atoms with Crippen LogP contribution in [0.15, 0.2) is 0 Å². The van der Waals surface area contributed by atoms with Gasteiger partial charge in [-0.25, -0.2) is 9.67 Å². The van der Waals surface area contributed by atoms with Crippen LogP contribution in [0.5, 0.6) is 0 Å². The lowest BCUT2D eigenvalue weighted by atomic mass is 10.4. The van der Waals surface area contributed by atoms with Crippen molar-refractivity contribution in [3.63, 3.8) is 0 Å². The van der Waals surface area contributed by atoms with E-state index in [1.807, 2.05) is 18.5 Å². The van der Waals surface area contributed by atoms with Crippen LogP contribution in [0.25, 0.3) is 0 Å². The number of rotatable bonds is 3. The average molecular weight is 210 g/mol. The number of aryl methyl sites for hydroxylation is 2. The summed E-state index contributed by atoms with van der Waals surface area (Å²) in [5.41, 5.74) is 0. The fraction of sp³-hybridized carbons (Fsp3) is 0.800. The van der Waals surface area contributed by atoms with E-state index in [9.17, 15) is 0 Å². The molecule has 1 fully saturated rings. The number of aromatic nitrogens is 3. The zero-order valence-electron chi connectivity index (χ0n) is 9.44. The topological polar surface area (TPSA) is 43.2 Å². The molecule has 1 aliphatic heterocycles. The molecule has 0 saturated carbocycles. The van der Waals surface area contributed by atoms with Gasteiger partial charge in [0.1, 0.15) is 11.6 Å². The fourth-order valence-electron chi connectivity index (χ4n) is 1.83. The van der Waals surface area contributed by atoms with Gasteiger partial charge in [0.25, 0.3) is 0 Å². The standard InChI is InChI=1S/C10H18N4O/c1-9-11-10(2)14(12-9)4-3-13-5-7-15-8-6-13/h3-8H2,1-2H3. The summed E-state index contributed by atoms with van der Waals surface area (Å²) in [4.78, 5) is 6.69. The maximum absolute atomic E-state index is 5.30. The predicted octanol–water partition coefficient (Wildman–Crippen LogP) is 0.227. The van der Waals surface area contributed by atoms with E-state index in [-0.39, 0.29) is 0 Å². The first-order valence-electron chi connectivity index (χ1n) is 5.44. The van der Waals surface area contributed by atoms with Gasteiger partial charge in [0.15, 0.2) is 0 Å². The Morgan fingerprint density at radius 1 is 1.20 bits per heavy atom. The Labute approximate surface area is 90.0 Å². The summed E-state index contributed by atoms with van der Waals surface area (Å²) in [6.07, 6.45) is 0. The van der Waals surface area contributed by atoms with Gasteiger partial charge in [-0.3, -0.25) is 4.90 Å². The quantitative estimate of drug-likeness (QED) is 0.716. The third kappa shape index (κ3) is 2.76. The maximum atomic E-state index is 5.30. The minimum absolute atomic E-state index is 0.856. The summed E-state index contributed by atoms with van der Waals surface area (Å²) in [6.45, 7) is 9.67. The van der Waals surface area contributed by atoms with Gasteiger partial charge in [-0.1, -0.05) is 0 Å². The van der Waals surface area contributed by atoms with Crippen LogP contribution < -0.4 is 0 Å². The first kappa shape index (κ1) is 10.6. The van der Waals surface area contributed by atoms with Crippen molar-refractivity contribution in [2.75, 3.05) is 32.8 Å². The summed E-state index contributed by atoms with van der Waals surface area (Å²) >= 11 is 0. The van der Waals surface area contributed by atoms with E-state index in [0.717, 1.165) is 51.0 Å². The number of nitrogens with zero attached hydrogens (tertiary/aromatic N) is 4. The normalized spacial score (nSPS) is 18.3. The Kier molecular flexibility index (Phi) is 3.33. The van der Waals surface area contributed by atoms with Gasteiger partial charge in [-0.15, -0.1) is 0 Å². The number of ether oxygens (including phenoxy) is 1. The highest BCUT2D eigenvalue weighted by Gasteiger charge is 2.10. The molecule has 5 nitrogen and oxygen atoms in total. The average Bonchev–Trinajstić information content (AvgIpc) is 2.56. The number of hydrogen-bond acceptors (Lipinski definition) is 4. The Balaban J connectivity index is 1.84. The molecule has 1 aliphatic rings. The second-order valence-corrected chi connectivity index (χ2v) is 3.88. The van der Waals surface area contributed by atoms with E-state index >= 15 is 0 Å². The van der Waals surface area contributed by atoms with Crippen molar-refractivity contribution in [3.05, 3.63) is 11.6 Å². The van der Waals surface area contributed by atoms with Gasteiger partial charge < -0.3 is 4.74 Å². The molecule has 0 amide bonds. The highest BCUT2D eigenvalue weighted by atomic mass is 16.5. The van der Waals surface area contributed by atoms with E-state index in [0.29, 0.717) is 0 Å². The van der Waals surface area contributed by atoms with Crippen molar-refractivity contribution < 1.29 is 4.74 Å². The van der Waals surface area contributed by atoms with Gasteiger partial charge in [0.05, 0.1) is 19.8 Å². The molecule has 0 unspecified atom stereocenters. The molecule has 84 valence electrons. The molecule has 15 heavy (non-hydrogen) atoms. The molecular weight excluding hydrogens is 192 g/mol. The van der Waals surface area contributed by atoms with Crippen LogP contribution in [0.1, 0.15) is 11.6 Å². The predicted molar refractivity (Wildman–Crippen MR) is 56.8 cm³/mol. The van der Waals surface area contributed by atoms with E-state index in [1.54, 1.807) is 0 Å². The first-order valence-corrected chi connectivity index (χ1v) is 5.44. The molecular formula is C10H18N4O. The van der Waals surface area contributed by atoms with Gasteiger partial charge in [0, 0.05) is 19.6 Å². The minimum Gasteiger partial charge on any atom is -0.379 e. The Bertz CT molecular complexity index is 317. The summed E-state index contributed by atoms with van der Waals surface area (Å²) in [5.74, 6) is 1.86. The molecule has 0 aromatic carbocycles. The van der Waals surface area contributed by atoms with Gasteiger partial charge in [0.2, 0.25) is 0 Å². The highest BCUT2D eigenvalue weighted by Crippen LogP contribution is 2.00. The minimum atomic E-state index is 0.856. The van der Waals surface area contributed by atoms with E-state index < -0.39 is 0 Å². The number of morpholine rings is 1. The van der Waals surface area contributed by atoms with Crippen LogP contribution >= 0.6 is 0 Å². The molecule has 1 aromatic heterocycles. The molecule has 0 spiro atoms. The molecule has 0 aliphatic carbocycles. The van der Waals surface area contributed by atoms with Crippen molar-refractivity contribution in [2.24, 2.45) is 0 Å². The third-order valence-electron chi connectivity index (χ3n) is 2.69. The summed E-state index contributed by atoms with van der Waals surface area (Å²) in [7, 11) is 0. The molecule has 1 aromatic rings. The monoisotopic (exact) mass is 210 g/mol. The largest absolute Gasteiger partial charge is 0.379 e. The molecule has 5 heteroatoms. The summed E-state index contributed by atoms with van der Waals surface area (Å²) < 4.78 is 7.28. The second-order valence-electron chi connectivity index (χ2n) is 3.88. The van der Waals surface area contributed by atoms with Gasteiger partial charge in [-0.2, -0.15) is 5.10 Å². The van der Waals surface area contributed by atoms with E-state index in [1.165, 1.54) is 0 Å². The third-order valence-corrected chi connectivity index (χ3v) is 2.69. The Morgan fingerprint density at radius 2 is 1.93 bits per heavy atom. The van der Waals surface area contributed by atoms with Crippen molar-refractivity contribution >= 4 is 0 Å².